The average molecular weight is 398 g/mol. The number of rotatable bonds is 4. The molecule has 1 aromatic heterocycles. The lowest BCUT2D eigenvalue weighted by Crippen LogP contribution is -2.30. The van der Waals surface area contributed by atoms with Gasteiger partial charge in [-0.3, -0.25) is 9.59 Å². The molecule has 0 unspecified atom stereocenters. The number of likely N-dealkylation sites (tertiary alicyclic amines) is 1. The number of amides is 2. The van der Waals surface area contributed by atoms with Gasteiger partial charge in [-0.2, -0.15) is 0 Å². The van der Waals surface area contributed by atoms with Crippen LogP contribution in [0.2, 0.25) is 0 Å². The van der Waals surface area contributed by atoms with Gasteiger partial charge in [0, 0.05) is 35.5 Å². The van der Waals surface area contributed by atoms with Gasteiger partial charge >= 0.3 is 0 Å². The Morgan fingerprint density at radius 2 is 1.73 bits per heavy atom. The standard InChI is InChI=1S/C25H22N2O3/c1-16(17-7-3-2-4-8-17)27-15-18(13-24(27)28)25(29)26-19-11-12-21-20-9-5-6-10-22(20)30-23(21)14-19/h2-12,14,16,18H,13,15H2,1H3,(H,26,29)/t16-,18+/m1/s1. The zero-order chi connectivity index (χ0) is 20.7. The molecular weight excluding hydrogens is 376 g/mol. The van der Waals surface area contributed by atoms with Crippen LogP contribution in [0.25, 0.3) is 21.9 Å². The number of nitrogens with zero attached hydrogens (tertiary/aromatic N) is 1. The van der Waals surface area contributed by atoms with Crippen molar-refractivity contribution in [2.24, 2.45) is 5.92 Å². The number of benzene rings is 3. The minimum absolute atomic E-state index is 0.0132. The molecule has 4 aromatic rings. The largest absolute Gasteiger partial charge is 0.456 e. The maximum Gasteiger partial charge on any atom is 0.229 e. The van der Waals surface area contributed by atoms with E-state index in [-0.39, 0.29) is 30.2 Å². The van der Waals surface area contributed by atoms with E-state index in [0.717, 1.165) is 27.5 Å². The smallest absolute Gasteiger partial charge is 0.229 e. The highest BCUT2D eigenvalue weighted by Crippen LogP contribution is 2.32. The molecule has 0 radical (unpaired) electrons. The van der Waals surface area contributed by atoms with Crippen molar-refractivity contribution in [3.8, 4) is 0 Å². The van der Waals surface area contributed by atoms with Gasteiger partial charge in [-0.05, 0) is 30.7 Å². The normalized spacial score (nSPS) is 17.6. The topological polar surface area (TPSA) is 62.6 Å². The maximum atomic E-state index is 12.9. The zero-order valence-electron chi connectivity index (χ0n) is 16.7. The SMILES string of the molecule is C[C@H](c1ccccc1)N1C[C@@H](C(=O)Nc2ccc3c(c2)oc2ccccc23)CC1=O. The van der Waals surface area contributed by atoms with E-state index in [0.29, 0.717) is 12.2 Å². The molecule has 3 aromatic carbocycles. The summed E-state index contributed by atoms with van der Waals surface area (Å²) in [5, 5.41) is 5.03. The summed E-state index contributed by atoms with van der Waals surface area (Å²) in [7, 11) is 0. The van der Waals surface area contributed by atoms with Crippen LogP contribution in [0.1, 0.15) is 24.9 Å². The van der Waals surface area contributed by atoms with Gasteiger partial charge in [0.1, 0.15) is 11.2 Å². The maximum absolute atomic E-state index is 12.9. The molecule has 0 aliphatic carbocycles. The van der Waals surface area contributed by atoms with Crippen molar-refractivity contribution in [2.45, 2.75) is 19.4 Å². The molecule has 0 spiro atoms. The molecule has 1 aliphatic heterocycles. The summed E-state index contributed by atoms with van der Waals surface area (Å²) in [5.74, 6) is -0.490. The van der Waals surface area contributed by atoms with Crippen molar-refractivity contribution in [1.29, 1.82) is 0 Å². The van der Waals surface area contributed by atoms with Crippen molar-refractivity contribution >= 4 is 39.4 Å². The molecule has 150 valence electrons. The Balaban J connectivity index is 1.32. The third-order valence-corrected chi connectivity index (χ3v) is 5.93. The second kappa shape index (κ2) is 7.34. The van der Waals surface area contributed by atoms with Crippen LogP contribution in [-0.4, -0.2) is 23.3 Å². The molecule has 0 bridgehead atoms. The van der Waals surface area contributed by atoms with Crippen molar-refractivity contribution < 1.29 is 14.0 Å². The monoisotopic (exact) mass is 398 g/mol. The van der Waals surface area contributed by atoms with Crippen molar-refractivity contribution in [3.63, 3.8) is 0 Å². The first-order valence-corrected chi connectivity index (χ1v) is 10.2. The van der Waals surface area contributed by atoms with Gasteiger partial charge in [-0.1, -0.05) is 48.5 Å². The lowest BCUT2D eigenvalue weighted by Gasteiger charge is -2.25. The summed E-state index contributed by atoms with van der Waals surface area (Å²) in [6.45, 7) is 2.43. The molecule has 1 N–H and O–H groups in total. The average Bonchev–Trinajstić information content (AvgIpc) is 3.34. The number of fused-ring (bicyclic) bond motifs is 3. The van der Waals surface area contributed by atoms with Crippen LogP contribution in [-0.2, 0) is 9.59 Å². The molecule has 1 fully saturated rings. The second-order valence-electron chi connectivity index (χ2n) is 7.83. The Labute approximate surface area is 174 Å². The third-order valence-electron chi connectivity index (χ3n) is 5.93. The van der Waals surface area contributed by atoms with Crippen LogP contribution in [0, 0.1) is 5.92 Å². The molecule has 5 rings (SSSR count). The zero-order valence-corrected chi connectivity index (χ0v) is 16.7. The number of anilines is 1. The van der Waals surface area contributed by atoms with Gasteiger partial charge in [0.15, 0.2) is 0 Å². The van der Waals surface area contributed by atoms with Gasteiger partial charge in [-0.25, -0.2) is 0 Å². The van der Waals surface area contributed by atoms with E-state index in [1.165, 1.54) is 0 Å². The van der Waals surface area contributed by atoms with E-state index < -0.39 is 0 Å². The van der Waals surface area contributed by atoms with E-state index >= 15 is 0 Å². The summed E-state index contributed by atoms with van der Waals surface area (Å²) in [6.07, 6.45) is 0.232. The highest BCUT2D eigenvalue weighted by atomic mass is 16.3. The lowest BCUT2D eigenvalue weighted by atomic mass is 10.1. The molecule has 1 aliphatic rings. The van der Waals surface area contributed by atoms with Gasteiger partial charge < -0.3 is 14.6 Å². The van der Waals surface area contributed by atoms with E-state index in [2.05, 4.69) is 5.32 Å². The van der Waals surface area contributed by atoms with Crippen LogP contribution >= 0.6 is 0 Å². The number of hydrogen-bond acceptors (Lipinski definition) is 3. The van der Waals surface area contributed by atoms with Gasteiger partial charge in [0.2, 0.25) is 11.8 Å². The minimum Gasteiger partial charge on any atom is -0.456 e. The van der Waals surface area contributed by atoms with Crippen LogP contribution in [0.5, 0.6) is 0 Å². The fourth-order valence-electron chi connectivity index (χ4n) is 4.24. The van der Waals surface area contributed by atoms with Gasteiger partial charge in [0.25, 0.3) is 0 Å². The Bertz CT molecular complexity index is 1250. The Morgan fingerprint density at radius 3 is 2.57 bits per heavy atom. The number of furan rings is 1. The predicted molar refractivity (Wildman–Crippen MR) is 117 cm³/mol. The number of carbonyl (C=O) groups excluding carboxylic acids is 2. The molecule has 5 nitrogen and oxygen atoms in total. The predicted octanol–water partition coefficient (Wildman–Crippen LogP) is 5.13. The van der Waals surface area contributed by atoms with Crippen LogP contribution in [0.4, 0.5) is 5.69 Å². The molecule has 5 heteroatoms. The molecule has 0 saturated carbocycles. The fraction of sp³-hybridized carbons (Fsp3) is 0.200. The molecule has 2 heterocycles. The molecule has 30 heavy (non-hydrogen) atoms. The first-order chi connectivity index (χ1) is 14.6. The van der Waals surface area contributed by atoms with E-state index in [1.54, 1.807) is 4.90 Å². The number of nitrogens with one attached hydrogen (secondary N) is 1. The lowest BCUT2D eigenvalue weighted by molar-refractivity contribution is -0.129. The summed E-state index contributed by atoms with van der Waals surface area (Å²) in [5.41, 5.74) is 3.30. The number of carbonyl (C=O) groups is 2. The molecule has 1 saturated heterocycles. The van der Waals surface area contributed by atoms with Crippen molar-refractivity contribution in [3.05, 3.63) is 78.4 Å². The van der Waals surface area contributed by atoms with Crippen LogP contribution in [0.3, 0.4) is 0 Å². The van der Waals surface area contributed by atoms with Gasteiger partial charge in [-0.15, -0.1) is 0 Å². The summed E-state index contributed by atoms with van der Waals surface area (Å²) in [4.78, 5) is 27.2. The molecule has 2 amide bonds. The quantitative estimate of drug-likeness (QED) is 0.518. The highest BCUT2D eigenvalue weighted by molar-refractivity contribution is 6.06. The summed E-state index contributed by atoms with van der Waals surface area (Å²) < 4.78 is 5.90. The minimum atomic E-state index is -0.366. The second-order valence-corrected chi connectivity index (χ2v) is 7.83. The van der Waals surface area contributed by atoms with Gasteiger partial charge in [0.05, 0.1) is 12.0 Å². The van der Waals surface area contributed by atoms with E-state index in [1.807, 2.05) is 79.7 Å². The van der Waals surface area contributed by atoms with E-state index in [9.17, 15) is 9.59 Å². The Kier molecular flexibility index (Phi) is 4.51. The molecular formula is C25H22N2O3. The first-order valence-electron chi connectivity index (χ1n) is 10.2. The molecule has 2 atom stereocenters. The number of para-hydroxylation sites is 1. The Hall–Kier alpha value is -3.60. The Morgan fingerprint density at radius 1 is 1.00 bits per heavy atom. The van der Waals surface area contributed by atoms with Crippen LogP contribution < -0.4 is 5.32 Å². The summed E-state index contributed by atoms with van der Waals surface area (Å²) >= 11 is 0. The first kappa shape index (κ1) is 18.4. The summed E-state index contributed by atoms with van der Waals surface area (Å²) in [6, 6.07) is 23.4. The van der Waals surface area contributed by atoms with Crippen molar-refractivity contribution in [2.75, 3.05) is 11.9 Å². The van der Waals surface area contributed by atoms with Crippen molar-refractivity contribution in [1.82, 2.24) is 4.90 Å². The fourth-order valence-corrected chi connectivity index (χ4v) is 4.24. The third kappa shape index (κ3) is 3.22. The van der Waals surface area contributed by atoms with E-state index in [4.69, 9.17) is 4.42 Å². The van der Waals surface area contributed by atoms with Crippen LogP contribution in [0.15, 0.2) is 77.2 Å². The number of hydrogen-bond donors (Lipinski definition) is 1. The highest BCUT2D eigenvalue weighted by Gasteiger charge is 2.37.